The molecule has 1 aromatic heterocycles. The molecule has 0 fully saturated rings. The first kappa shape index (κ1) is 15.0. The standard InChI is InChI=1S/C19H18N2O2/c1-13(2)23-16-9-7-15(8-10-16)21-19(22)18-17-6-4-3-5-14(17)11-12-20-18/h3-13H,1-2H3,(H,21,22). The molecule has 3 aromatic rings. The van der Waals surface area contributed by atoms with Gasteiger partial charge in [0, 0.05) is 17.3 Å². The molecule has 0 aliphatic carbocycles. The van der Waals surface area contributed by atoms with Crippen molar-refractivity contribution in [2.45, 2.75) is 20.0 Å². The summed E-state index contributed by atoms with van der Waals surface area (Å²) >= 11 is 0. The van der Waals surface area contributed by atoms with Gasteiger partial charge in [-0.05, 0) is 49.6 Å². The lowest BCUT2D eigenvalue weighted by Crippen LogP contribution is -2.14. The fourth-order valence-electron chi connectivity index (χ4n) is 2.38. The number of pyridine rings is 1. The molecular formula is C19H18N2O2. The molecule has 0 saturated carbocycles. The van der Waals surface area contributed by atoms with Crippen LogP contribution in [0.15, 0.2) is 60.8 Å². The minimum atomic E-state index is -0.223. The Bertz CT molecular complexity index is 821. The number of rotatable bonds is 4. The Hall–Kier alpha value is -2.88. The average molecular weight is 306 g/mol. The Kier molecular flexibility index (Phi) is 4.24. The van der Waals surface area contributed by atoms with Gasteiger partial charge in [0.05, 0.1) is 6.10 Å². The Morgan fingerprint density at radius 2 is 1.78 bits per heavy atom. The van der Waals surface area contributed by atoms with Crippen LogP contribution < -0.4 is 10.1 Å². The molecule has 0 radical (unpaired) electrons. The number of amides is 1. The van der Waals surface area contributed by atoms with Crippen molar-refractivity contribution in [1.82, 2.24) is 4.98 Å². The fraction of sp³-hybridized carbons (Fsp3) is 0.158. The van der Waals surface area contributed by atoms with Crippen molar-refractivity contribution in [2.75, 3.05) is 5.32 Å². The maximum absolute atomic E-state index is 12.5. The Morgan fingerprint density at radius 1 is 1.04 bits per heavy atom. The lowest BCUT2D eigenvalue weighted by atomic mass is 10.1. The van der Waals surface area contributed by atoms with Gasteiger partial charge in [-0.15, -0.1) is 0 Å². The molecule has 0 aliphatic rings. The third-order valence-electron chi connectivity index (χ3n) is 3.37. The summed E-state index contributed by atoms with van der Waals surface area (Å²) in [7, 11) is 0. The second-order valence-corrected chi connectivity index (χ2v) is 5.53. The van der Waals surface area contributed by atoms with Crippen molar-refractivity contribution >= 4 is 22.4 Å². The highest BCUT2D eigenvalue weighted by Gasteiger charge is 2.11. The van der Waals surface area contributed by atoms with Crippen LogP contribution in [0.2, 0.25) is 0 Å². The number of benzene rings is 2. The summed E-state index contributed by atoms with van der Waals surface area (Å²) in [6, 6.07) is 16.9. The molecule has 0 bridgehead atoms. The summed E-state index contributed by atoms with van der Waals surface area (Å²) < 4.78 is 5.59. The molecule has 23 heavy (non-hydrogen) atoms. The summed E-state index contributed by atoms with van der Waals surface area (Å²) in [6.07, 6.45) is 1.77. The van der Waals surface area contributed by atoms with E-state index in [-0.39, 0.29) is 12.0 Å². The Balaban J connectivity index is 1.81. The molecule has 4 nitrogen and oxygen atoms in total. The van der Waals surface area contributed by atoms with Gasteiger partial charge in [-0.3, -0.25) is 9.78 Å². The highest BCUT2D eigenvalue weighted by Crippen LogP contribution is 2.20. The van der Waals surface area contributed by atoms with Gasteiger partial charge in [-0.25, -0.2) is 0 Å². The van der Waals surface area contributed by atoms with Crippen LogP contribution in [0, 0.1) is 0 Å². The van der Waals surface area contributed by atoms with Crippen molar-refractivity contribution in [1.29, 1.82) is 0 Å². The van der Waals surface area contributed by atoms with Crippen molar-refractivity contribution in [3.63, 3.8) is 0 Å². The molecule has 3 rings (SSSR count). The first-order valence-electron chi connectivity index (χ1n) is 7.55. The molecule has 0 aliphatic heterocycles. The van der Waals surface area contributed by atoms with Crippen LogP contribution in [0.1, 0.15) is 24.3 Å². The maximum atomic E-state index is 12.5. The van der Waals surface area contributed by atoms with E-state index in [9.17, 15) is 4.79 Å². The van der Waals surface area contributed by atoms with Gasteiger partial charge in [0.1, 0.15) is 11.4 Å². The van der Waals surface area contributed by atoms with Gasteiger partial charge in [0.15, 0.2) is 0 Å². The van der Waals surface area contributed by atoms with E-state index in [0.717, 1.165) is 16.5 Å². The highest BCUT2D eigenvalue weighted by molar-refractivity contribution is 6.11. The molecule has 0 saturated heterocycles. The maximum Gasteiger partial charge on any atom is 0.274 e. The smallest absolute Gasteiger partial charge is 0.274 e. The van der Waals surface area contributed by atoms with Crippen molar-refractivity contribution in [3.8, 4) is 5.75 Å². The topological polar surface area (TPSA) is 51.2 Å². The second kappa shape index (κ2) is 6.48. The van der Waals surface area contributed by atoms with Gasteiger partial charge >= 0.3 is 0 Å². The van der Waals surface area contributed by atoms with E-state index in [1.807, 2.05) is 68.4 Å². The molecule has 2 aromatic carbocycles. The molecule has 0 spiro atoms. The second-order valence-electron chi connectivity index (χ2n) is 5.53. The average Bonchev–Trinajstić information content (AvgIpc) is 2.55. The van der Waals surface area contributed by atoms with Gasteiger partial charge in [0.2, 0.25) is 0 Å². The molecular weight excluding hydrogens is 288 g/mol. The summed E-state index contributed by atoms with van der Waals surface area (Å²) in [6.45, 7) is 3.95. The lowest BCUT2D eigenvalue weighted by molar-refractivity contribution is 0.102. The first-order valence-corrected chi connectivity index (χ1v) is 7.55. The van der Waals surface area contributed by atoms with Crippen LogP contribution in [-0.4, -0.2) is 17.0 Å². The zero-order valence-electron chi connectivity index (χ0n) is 13.1. The SMILES string of the molecule is CC(C)Oc1ccc(NC(=O)c2nccc3ccccc23)cc1. The van der Waals surface area contributed by atoms with Crippen molar-refractivity contribution in [2.24, 2.45) is 0 Å². The van der Waals surface area contributed by atoms with Crippen molar-refractivity contribution < 1.29 is 9.53 Å². The number of fused-ring (bicyclic) bond motifs is 1. The van der Waals surface area contributed by atoms with Crippen LogP contribution in [0.25, 0.3) is 10.8 Å². The van der Waals surface area contributed by atoms with Gasteiger partial charge in [0.25, 0.3) is 5.91 Å². The predicted octanol–water partition coefficient (Wildman–Crippen LogP) is 4.27. The summed E-state index contributed by atoms with van der Waals surface area (Å²) in [5.74, 6) is 0.556. The van der Waals surface area contributed by atoms with Gasteiger partial charge in [-0.2, -0.15) is 0 Å². The zero-order chi connectivity index (χ0) is 16.2. The molecule has 116 valence electrons. The zero-order valence-corrected chi connectivity index (χ0v) is 13.1. The summed E-state index contributed by atoms with van der Waals surface area (Å²) in [5.41, 5.74) is 1.13. The number of nitrogens with one attached hydrogen (secondary N) is 1. The minimum Gasteiger partial charge on any atom is -0.491 e. The number of carbonyl (C=O) groups is 1. The summed E-state index contributed by atoms with van der Waals surface area (Å²) in [4.78, 5) is 16.7. The normalized spacial score (nSPS) is 10.7. The number of hydrogen-bond donors (Lipinski definition) is 1. The number of ether oxygens (including phenoxy) is 1. The fourth-order valence-corrected chi connectivity index (χ4v) is 2.38. The molecule has 1 heterocycles. The number of aromatic nitrogens is 1. The molecule has 1 N–H and O–H groups in total. The molecule has 4 heteroatoms. The van der Waals surface area contributed by atoms with Crippen LogP contribution in [0.4, 0.5) is 5.69 Å². The number of nitrogens with zero attached hydrogens (tertiary/aromatic N) is 1. The monoisotopic (exact) mass is 306 g/mol. The van der Waals surface area contributed by atoms with E-state index in [4.69, 9.17) is 4.74 Å². The Morgan fingerprint density at radius 3 is 2.52 bits per heavy atom. The van der Waals surface area contributed by atoms with E-state index >= 15 is 0 Å². The first-order chi connectivity index (χ1) is 11.1. The van der Waals surface area contributed by atoms with E-state index in [1.165, 1.54) is 0 Å². The lowest BCUT2D eigenvalue weighted by Gasteiger charge is -2.11. The largest absolute Gasteiger partial charge is 0.491 e. The Labute approximate surface area is 135 Å². The van der Waals surface area contributed by atoms with Crippen LogP contribution in [0.5, 0.6) is 5.75 Å². The van der Waals surface area contributed by atoms with E-state index < -0.39 is 0 Å². The van der Waals surface area contributed by atoms with Crippen LogP contribution >= 0.6 is 0 Å². The highest BCUT2D eigenvalue weighted by atomic mass is 16.5. The van der Waals surface area contributed by atoms with E-state index in [1.54, 1.807) is 6.20 Å². The molecule has 0 atom stereocenters. The third-order valence-corrected chi connectivity index (χ3v) is 3.37. The molecule has 1 amide bonds. The number of carbonyl (C=O) groups excluding carboxylic acids is 1. The quantitative estimate of drug-likeness (QED) is 0.783. The van der Waals surface area contributed by atoms with E-state index in [2.05, 4.69) is 10.3 Å². The third kappa shape index (κ3) is 3.48. The summed E-state index contributed by atoms with van der Waals surface area (Å²) in [5, 5.41) is 4.71. The van der Waals surface area contributed by atoms with Gasteiger partial charge in [-0.1, -0.05) is 24.3 Å². The van der Waals surface area contributed by atoms with Crippen molar-refractivity contribution in [3.05, 3.63) is 66.5 Å². The number of anilines is 1. The van der Waals surface area contributed by atoms with Crippen LogP contribution in [-0.2, 0) is 0 Å². The van der Waals surface area contributed by atoms with Crippen LogP contribution in [0.3, 0.4) is 0 Å². The molecule has 0 unspecified atom stereocenters. The van der Waals surface area contributed by atoms with Gasteiger partial charge < -0.3 is 10.1 Å². The number of hydrogen-bond acceptors (Lipinski definition) is 3. The minimum absolute atomic E-state index is 0.121. The predicted molar refractivity (Wildman–Crippen MR) is 91.9 cm³/mol. The van der Waals surface area contributed by atoms with E-state index in [0.29, 0.717) is 11.4 Å².